The monoisotopic (exact) mass is 394 g/mol. The Labute approximate surface area is 168 Å². The van der Waals surface area contributed by atoms with Gasteiger partial charge in [0.05, 0.1) is 0 Å². The van der Waals surface area contributed by atoms with Crippen molar-refractivity contribution in [3.8, 4) is 10.6 Å². The predicted molar refractivity (Wildman–Crippen MR) is 112 cm³/mol. The second-order valence-corrected chi connectivity index (χ2v) is 7.39. The summed E-state index contributed by atoms with van der Waals surface area (Å²) in [6.07, 6.45) is 0.972. The van der Waals surface area contributed by atoms with Crippen LogP contribution >= 0.6 is 11.3 Å². The lowest BCUT2D eigenvalue weighted by Crippen LogP contribution is -2.21. The predicted octanol–water partition coefficient (Wildman–Crippen LogP) is 4.78. The van der Waals surface area contributed by atoms with Gasteiger partial charge in [0.2, 0.25) is 0 Å². The molecule has 0 saturated carbocycles. The molecule has 0 aliphatic rings. The largest absolute Gasteiger partial charge is 0.451 e. The molecule has 1 aromatic heterocycles. The molecule has 144 valence electrons. The highest BCUT2D eigenvalue weighted by Gasteiger charge is 2.15. The van der Waals surface area contributed by atoms with Gasteiger partial charge in [-0.1, -0.05) is 48.9 Å². The Kier molecular flexibility index (Phi) is 6.21. The van der Waals surface area contributed by atoms with Crippen LogP contribution in [0, 0.1) is 13.8 Å². The van der Waals surface area contributed by atoms with E-state index in [1.807, 2.05) is 56.3 Å². The van der Waals surface area contributed by atoms with Gasteiger partial charge in [0, 0.05) is 16.6 Å². The molecule has 0 bridgehead atoms. The van der Waals surface area contributed by atoms with Crippen molar-refractivity contribution in [3.63, 3.8) is 0 Å². The first kappa shape index (κ1) is 19.8. The molecular formula is C22H22N2O3S. The third-order valence-corrected chi connectivity index (χ3v) is 5.20. The Morgan fingerprint density at radius 1 is 1.11 bits per heavy atom. The summed E-state index contributed by atoms with van der Waals surface area (Å²) in [6, 6.07) is 13.8. The van der Waals surface area contributed by atoms with Gasteiger partial charge in [-0.05, 0) is 37.5 Å². The normalized spacial score (nSPS) is 10.5. The molecule has 6 heteroatoms. The molecule has 1 heterocycles. The number of nitrogens with zero attached hydrogens (tertiary/aromatic N) is 1. The Bertz CT molecular complexity index is 993. The SMILES string of the molecule is CCc1ccc(-c2nc(C(=O)OCC(=O)Nc3ccc(C)cc3C)cs2)cc1. The maximum atomic E-state index is 12.2. The van der Waals surface area contributed by atoms with Crippen molar-refractivity contribution in [2.45, 2.75) is 27.2 Å². The topological polar surface area (TPSA) is 68.3 Å². The van der Waals surface area contributed by atoms with E-state index >= 15 is 0 Å². The summed E-state index contributed by atoms with van der Waals surface area (Å²) in [5, 5.41) is 5.14. The minimum absolute atomic E-state index is 0.207. The molecule has 0 unspecified atom stereocenters. The van der Waals surface area contributed by atoms with Gasteiger partial charge in [-0.2, -0.15) is 0 Å². The van der Waals surface area contributed by atoms with Gasteiger partial charge in [-0.25, -0.2) is 9.78 Å². The van der Waals surface area contributed by atoms with Crippen LogP contribution in [0.25, 0.3) is 10.6 Å². The van der Waals surface area contributed by atoms with E-state index in [9.17, 15) is 9.59 Å². The van der Waals surface area contributed by atoms with Crippen LogP contribution in [0.15, 0.2) is 47.8 Å². The number of anilines is 1. The average molecular weight is 394 g/mol. The smallest absolute Gasteiger partial charge is 0.358 e. The summed E-state index contributed by atoms with van der Waals surface area (Å²) in [4.78, 5) is 28.6. The fourth-order valence-electron chi connectivity index (χ4n) is 2.73. The third kappa shape index (κ3) is 4.84. The summed E-state index contributed by atoms with van der Waals surface area (Å²) in [6.45, 7) is 5.64. The Hall–Kier alpha value is -2.99. The first-order chi connectivity index (χ1) is 13.5. The number of thiazole rings is 1. The van der Waals surface area contributed by atoms with Gasteiger partial charge in [0.25, 0.3) is 5.91 Å². The van der Waals surface area contributed by atoms with Crippen LogP contribution in [0.3, 0.4) is 0 Å². The standard InChI is InChI=1S/C22H22N2O3S/c1-4-16-6-8-17(9-7-16)21-24-19(13-28-21)22(26)27-12-20(25)23-18-10-5-14(2)11-15(18)3/h5-11,13H,4,12H2,1-3H3,(H,23,25). The number of hydrogen-bond acceptors (Lipinski definition) is 5. The summed E-state index contributed by atoms with van der Waals surface area (Å²) in [5.74, 6) is -0.991. The first-order valence-electron chi connectivity index (χ1n) is 9.05. The molecule has 28 heavy (non-hydrogen) atoms. The third-order valence-electron chi connectivity index (χ3n) is 4.31. The minimum Gasteiger partial charge on any atom is -0.451 e. The summed E-state index contributed by atoms with van der Waals surface area (Å²) < 4.78 is 5.10. The van der Waals surface area contributed by atoms with Crippen LogP contribution < -0.4 is 5.32 Å². The second-order valence-electron chi connectivity index (χ2n) is 6.53. The highest BCUT2D eigenvalue weighted by Crippen LogP contribution is 2.24. The number of hydrogen-bond donors (Lipinski definition) is 1. The molecule has 2 aromatic carbocycles. The van der Waals surface area contributed by atoms with Crippen LogP contribution in [-0.4, -0.2) is 23.5 Å². The van der Waals surface area contributed by atoms with Crippen molar-refractivity contribution in [2.75, 3.05) is 11.9 Å². The van der Waals surface area contributed by atoms with Crippen molar-refractivity contribution in [1.29, 1.82) is 0 Å². The quantitative estimate of drug-likeness (QED) is 0.611. The maximum Gasteiger partial charge on any atom is 0.358 e. The van der Waals surface area contributed by atoms with E-state index in [1.54, 1.807) is 5.38 Å². The van der Waals surface area contributed by atoms with Gasteiger partial charge in [-0.15, -0.1) is 11.3 Å². The fourth-order valence-corrected chi connectivity index (χ4v) is 3.52. The molecular weight excluding hydrogens is 372 g/mol. The number of esters is 1. The van der Waals surface area contributed by atoms with Crippen LogP contribution in [0.2, 0.25) is 0 Å². The molecule has 5 nitrogen and oxygen atoms in total. The van der Waals surface area contributed by atoms with Crippen LogP contribution in [-0.2, 0) is 16.0 Å². The van der Waals surface area contributed by atoms with E-state index in [-0.39, 0.29) is 18.2 Å². The zero-order chi connectivity index (χ0) is 20.1. The molecule has 0 aliphatic carbocycles. The summed E-state index contributed by atoms with van der Waals surface area (Å²) >= 11 is 1.37. The number of amides is 1. The van der Waals surface area contributed by atoms with E-state index in [4.69, 9.17) is 4.74 Å². The molecule has 0 radical (unpaired) electrons. The van der Waals surface area contributed by atoms with Crippen LogP contribution in [0.4, 0.5) is 5.69 Å². The lowest BCUT2D eigenvalue weighted by atomic mass is 10.1. The van der Waals surface area contributed by atoms with E-state index < -0.39 is 5.97 Å². The van der Waals surface area contributed by atoms with Gasteiger partial charge in [-0.3, -0.25) is 4.79 Å². The number of rotatable bonds is 6. The van der Waals surface area contributed by atoms with Gasteiger partial charge >= 0.3 is 5.97 Å². The molecule has 0 aliphatic heterocycles. The molecule has 0 fully saturated rings. The number of aromatic nitrogens is 1. The summed E-state index contributed by atoms with van der Waals surface area (Å²) in [5.41, 5.74) is 5.18. The van der Waals surface area contributed by atoms with E-state index in [0.717, 1.165) is 28.1 Å². The molecule has 0 saturated heterocycles. The van der Waals surface area contributed by atoms with Crippen molar-refractivity contribution in [2.24, 2.45) is 0 Å². The lowest BCUT2D eigenvalue weighted by Gasteiger charge is -2.09. The number of nitrogens with one attached hydrogen (secondary N) is 1. The Balaban J connectivity index is 1.57. The Morgan fingerprint density at radius 3 is 2.54 bits per heavy atom. The molecule has 3 rings (SSSR count). The highest BCUT2D eigenvalue weighted by molar-refractivity contribution is 7.13. The van der Waals surface area contributed by atoms with Gasteiger partial charge < -0.3 is 10.1 Å². The van der Waals surface area contributed by atoms with E-state index in [0.29, 0.717) is 5.69 Å². The van der Waals surface area contributed by atoms with E-state index in [1.165, 1.54) is 16.9 Å². The minimum atomic E-state index is -0.608. The number of carbonyl (C=O) groups is 2. The molecule has 1 amide bonds. The van der Waals surface area contributed by atoms with Crippen LogP contribution in [0.1, 0.15) is 34.1 Å². The average Bonchev–Trinajstić information content (AvgIpc) is 3.19. The zero-order valence-electron chi connectivity index (χ0n) is 16.1. The zero-order valence-corrected chi connectivity index (χ0v) is 16.9. The van der Waals surface area contributed by atoms with Gasteiger partial charge in [0.1, 0.15) is 5.01 Å². The number of carbonyl (C=O) groups excluding carboxylic acids is 2. The van der Waals surface area contributed by atoms with Crippen molar-refractivity contribution in [1.82, 2.24) is 4.98 Å². The Morgan fingerprint density at radius 2 is 1.86 bits per heavy atom. The van der Waals surface area contributed by atoms with Gasteiger partial charge in [0.15, 0.2) is 12.3 Å². The number of ether oxygens (including phenoxy) is 1. The fraction of sp³-hybridized carbons (Fsp3) is 0.227. The van der Waals surface area contributed by atoms with Crippen molar-refractivity contribution in [3.05, 3.63) is 70.2 Å². The number of aryl methyl sites for hydroxylation is 3. The molecule has 1 N–H and O–H groups in total. The molecule has 0 spiro atoms. The maximum absolute atomic E-state index is 12.2. The molecule has 3 aromatic rings. The van der Waals surface area contributed by atoms with E-state index in [2.05, 4.69) is 17.2 Å². The molecule has 0 atom stereocenters. The summed E-state index contributed by atoms with van der Waals surface area (Å²) in [7, 11) is 0. The van der Waals surface area contributed by atoms with Crippen molar-refractivity contribution >= 4 is 28.9 Å². The second kappa shape index (κ2) is 8.80. The lowest BCUT2D eigenvalue weighted by molar-refractivity contribution is -0.119. The van der Waals surface area contributed by atoms with Crippen LogP contribution in [0.5, 0.6) is 0 Å². The highest BCUT2D eigenvalue weighted by atomic mass is 32.1. The first-order valence-corrected chi connectivity index (χ1v) is 9.93. The number of benzene rings is 2. The van der Waals surface area contributed by atoms with Crippen molar-refractivity contribution < 1.29 is 14.3 Å².